The van der Waals surface area contributed by atoms with Crippen LogP contribution < -0.4 is 10.2 Å². The molecule has 2 N–H and O–H groups in total. The third-order valence-corrected chi connectivity index (χ3v) is 5.50. The third kappa shape index (κ3) is 3.34. The van der Waals surface area contributed by atoms with Gasteiger partial charge in [-0.25, -0.2) is 9.97 Å². The fourth-order valence-electron chi connectivity index (χ4n) is 2.42. The van der Waals surface area contributed by atoms with Crippen LogP contribution in [0.3, 0.4) is 0 Å². The molecule has 0 saturated carbocycles. The fraction of sp³-hybridized carbons (Fsp3) is 0.500. The molecule has 0 spiro atoms. The van der Waals surface area contributed by atoms with Gasteiger partial charge in [-0.1, -0.05) is 18.7 Å². The van der Waals surface area contributed by atoms with Crippen LogP contribution in [0.5, 0.6) is 0 Å². The van der Waals surface area contributed by atoms with Crippen molar-refractivity contribution < 1.29 is 9.90 Å². The normalized spacial score (nSPS) is 15.4. The van der Waals surface area contributed by atoms with E-state index >= 15 is 0 Å². The number of hydrogen-bond acceptors (Lipinski definition) is 7. The summed E-state index contributed by atoms with van der Waals surface area (Å²) in [6.45, 7) is 5.82. The number of carboxylic acid groups (broad SMARTS) is 1. The molecule has 0 unspecified atom stereocenters. The summed E-state index contributed by atoms with van der Waals surface area (Å²) in [4.78, 5) is 24.4. The van der Waals surface area contributed by atoms with Gasteiger partial charge in [0.15, 0.2) is 5.16 Å². The Morgan fingerprint density at radius 3 is 2.91 bits per heavy atom. The van der Waals surface area contributed by atoms with E-state index in [-0.39, 0.29) is 5.75 Å². The van der Waals surface area contributed by atoms with Crippen molar-refractivity contribution in [2.75, 3.05) is 36.8 Å². The SMILES string of the molecule is CCc1cc2c(N3CCNCC3)nc(SCC(=O)O)nc2s1. The van der Waals surface area contributed by atoms with Gasteiger partial charge in [-0.15, -0.1) is 11.3 Å². The van der Waals surface area contributed by atoms with Gasteiger partial charge >= 0.3 is 5.97 Å². The predicted molar refractivity (Wildman–Crippen MR) is 90.2 cm³/mol. The van der Waals surface area contributed by atoms with Gasteiger partial charge in [-0.05, 0) is 12.5 Å². The molecule has 1 saturated heterocycles. The number of aliphatic carboxylic acids is 1. The maximum absolute atomic E-state index is 10.8. The van der Waals surface area contributed by atoms with Gasteiger partial charge in [-0.2, -0.15) is 0 Å². The highest BCUT2D eigenvalue weighted by Crippen LogP contribution is 2.33. The van der Waals surface area contributed by atoms with Crippen molar-refractivity contribution in [3.63, 3.8) is 0 Å². The smallest absolute Gasteiger partial charge is 0.313 e. The first-order valence-electron chi connectivity index (χ1n) is 7.28. The molecule has 1 fully saturated rings. The minimum Gasteiger partial charge on any atom is -0.481 e. The lowest BCUT2D eigenvalue weighted by atomic mass is 10.2. The molecule has 1 aliphatic heterocycles. The first-order chi connectivity index (χ1) is 10.7. The van der Waals surface area contributed by atoms with E-state index in [1.165, 1.54) is 16.6 Å². The number of nitrogens with one attached hydrogen (secondary N) is 1. The molecule has 2 aromatic heterocycles. The Hall–Kier alpha value is -1.38. The molecule has 0 aromatic carbocycles. The maximum atomic E-state index is 10.8. The van der Waals surface area contributed by atoms with Crippen LogP contribution in [-0.4, -0.2) is 53.0 Å². The molecule has 6 nitrogen and oxygen atoms in total. The van der Waals surface area contributed by atoms with Crippen LogP contribution >= 0.6 is 23.1 Å². The summed E-state index contributed by atoms with van der Waals surface area (Å²) in [5.41, 5.74) is 0. The lowest BCUT2D eigenvalue weighted by Crippen LogP contribution is -2.44. The lowest BCUT2D eigenvalue weighted by molar-refractivity contribution is -0.133. The van der Waals surface area contributed by atoms with E-state index in [2.05, 4.69) is 33.2 Å². The van der Waals surface area contributed by atoms with Crippen LogP contribution in [0.2, 0.25) is 0 Å². The zero-order chi connectivity index (χ0) is 15.5. The molecular formula is C14H18N4O2S2. The number of carbonyl (C=O) groups is 1. The summed E-state index contributed by atoms with van der Waals surface area (Å²) in [5.74, 6) is 0.0755. The van der Waals surface area contributed by atoms with Crippen molar-refractivity contribution >= 4 is 45.1 Å². The second kappa shape index (κ2) is 6.80. The van der Waals surface area contributed by atoms with Gasteiger partial charge in [0, 0.05) is 31.1 Å². The highest BCUT2D eigenvalue weighted by atomic mass is 32.2. The molecule has 8 heteroatoms. The number of thiophene rings is 1. The van der Waals surface area contributed by atoms with E-state index in [9.17, 15) is 4.79 Å². The minimum absolute atomic E-state index is 0.0154. The molecule has 0 atom stereocenters. The van der Waals surface area contributed by atoms with Crippen molar-refractivity contribution in [1.29, 1.82) is 0 Å². The van der Waals surface area contributed by atoms with Gasteiger partial charge in [0.05, 0.1) is 11.1 Å². The largest absolute Gasteiger partial charge is 0.481 e. The number of rotatable bonds is 5. The van der Waals surface area contributed by atoms with E-state index in [4.69, 9.17) is 5.11 Å². The summed E-state index contributed by atoms with van der Waals surface area (Å²) in [5, 5.41) is 13.8. The highest BCUT2D eigenvalue weighted by Gasteiger charge is 2.19. The van der Waals surface area contributed by atoms with Crippen LogP contribution in [0.25, 0.3) is 10.2 Å². The predicted octanol–water partition coefficient (Wildman–Crippen LogP) is 1.84. The van der Waals surface area contributed by atoms with Gasteiger partial charge in [0.2, 0.25) is 0 Å². The molecule has 0 bridgehead atoms. The molecule has 0 radical (unpaired) electrons. The highest BCUT2D eigenvalue weighted by molar-refractivity contribution is 7.99. The molecule has 2 aromatic rings. The number of thioether (sulfide) groups is 1. The Morgan fingerprint density at radius 1 is 1.45 bits per heavy atom. The van der Waals surface area contributed by atoms with Crippen molar-refractivity contribution in [3.8, 4) is 0 Å². The van der Waals surface area contributed by atoms with Crippen molar-refractivity contribution in [2.24, 2.45) is 0 Å². The fourth-order valence-corrected chi connectivity index (χ4v) is 4.00. The second-order valence-corrected chi connectivity index (χ2v) is 7.09. The Morgan fingerprint density at radius 2 is 2.23 bits per heavy atom. The monoisotopic (exact) mass is 338 g/mol. The van der Waals surface area contributed by atoms with Crippen LogP contribution in [0.1, 0.15) is 11.8 Å². The Labute approximate surface area is 136 Å². The number of hydrogen-bond donors (Lipinski definition) is 2. The second-order valence-electron chi connectivity index (χ2n) is 5.03. The third-order valence-electron chi connectivity index (χ3n) is 3.49. The zero-order valence-corrected chi connectivity index (χ0v) is 14.0. The van der Waals surface area contributed by atoms with E-state index < -0.39 is 5.97 Å². The summed E-state index contributed by atoms with van der Waals surface area (Å²) < 4.78 is 0. The standard InChI is InChI=1S/C14H18N4O2S2/c1-2-9-7-10-12(18-5-3-15-4-6-18)16-14(17-13(10)22-9)21-8-11(19)20/h7,15H,2-6,8H2,1H3,(H,19,20). The Balaban J connectivity index is 2.01. The van der Waals surface area contributed by atoms with Crippen molar-refractivity contribution in [2.45, 2.75) is 18.5 Å². The Bertz CT molecular complexity index is 683. The van der Waals surface area contributed by atoms with E-state index in [0.717, 1.165) is 48.6 Å². The zero-order valence-electron chi connectivity index (χ0n) is 12.3. The van der Waals surface area contributed by atoms with Gasteiger partial charge in [-0.3, -0.25) is 4.79 Å². The first kappa shape index (κ1) is 15.5. The quantitative estimate of drug-likeness (QED) is 0.636. The molecule has 0 aliphatic carbocycles. The number of anilines is 1. The molecule has 3 rings (SSSR count). The summed E-state index contributed by atoms with van der Waals surface area (Å²) in [6, 6.07) is 2.17. The first-order valence-corrected chi connectivity index (χ1v) is 9.08. The van der Waals surface area contributed by atoms with Crippen LogP contribution in [-0.2, 0) is 11.2 Å². The average Bonchev–Trinajstić information content (AvgIpc) is 2.96. The number of piperazine rings is 1. The molecular weight excluding hydrogens is 320 g/mol. The van der Waals surface area contributed by atoms with Crippen molar-refractivity contribution in [1.82, 2.24) is 15.3 Å². The van der Waals surface area contributed by atoms with Gasteiger partial charge in [0.1, 0.15) is 10.6 Å². The lowest BCUT2D eigenvalue weighted by Gasteiger charge is -2.29. The van der Waals surface area contributed by atoms with Crippen LogP contribution in [0.4, 0.5) is 5.82 Å². The molecule has 1 aliphatic rings. The number of fused-ring (bicyclic) bond motifs is 1. The van der Waals surface area contributed by atoms with Crippen LogP contribution in [0.15, 0.2) is 11.2 Å². The summed E-state index contributed by atoms with van der Waals surface area (Å²) in [6.07, 6.45) is 0.972. The Kier molecular flexibility index (Phi) is 4.80. The number of nitrogens with zero attached hydrogens (tertiary/aromatic N) is 3. The topological polar surface area (TPSA) is 78.4 Å². The number of aromatic nitrogens is 2. The van der Waals surface area contributed by atoms with E-state index in [1.54, 1.807) is 11.3 Å². The van der Waals surface area contributed by atoms with Gasteiger partial charge < -0.3 is 15.3 Å². The molecule has 22 heavy (non-hydrogen) atoms. The van der Waals surface area contributed by atoms with Crippen molar-refractivity contribution in [3.05, 3.63) is 10.9 Å². The maximum Gasteiger partial charge on any atom is 0.313 e. The van der Waals surface area contributed by atoms with Gasteiger partial charge in [0.25, 0.3) is 0 Å². The minimum atomic E-state index is -0.849. The summed E-state index contributed by atoms with van der Waals surface area (Å²) in [7, 11) is 0. The molecule has 3 heterocycles. The molecule has 0 amide bonds. The van der Waals surface area contributed by atoms with E-state index in [0.29, 0.717) is 5.16 Å². The van der Waals surface area contributed by atoms with Crippen LogP contribution in [0, 0.1) is 0 Å². The molecule has 118 valence electrons. The number of aryl methyl sites for hydroxylation is 1. The number of carboxylic acids is 1. The van der Waals surface area contributed by atoms with E-state index in [1.807, 2.05) is 0 Å². The summed E-state index contributed by atoms with van der Waals surface area (Å²) >= 11 is 2.85. The average molecular weight is 338 g/mol.